The Balaban J connectivity index is 1.95. The Morgan fingerprint density at radius 2 is 0.811 bits per heavy atom. The van der Waals surface area contributed by atoms with Gasteiger partial charge in [-0.05, 0) is 0 Å². The standard InChI is InChI=1S/C31H25O5P/c32-28-21-23(22-29(33)30(28)34)31(35)36-37(24-13-5-1-6-14-24,25-15-7-2-8-16-25,26-17-9-3-10-18-26)27-19-11-4-12-20-27/h1-22,32-34H. The van der Waals surface area contributed by atoms with Crippen LogP contribution < -0.4 is 21.2 Å². The predicted octanol–water partition coefficient (Wildman–Crippen LogP) is 4.73. The first kappa shape index (κ1) is 24.1. The van der Waals surface area contributed by atoms with Gasteiger partial charge in [-0.3, -0.25) is 0 Å². The molecule has 5 aromatic carbocycles. The zero-order chi connectivity index (χ0) is 25.9. The van der Waals surface area contributed by atoms with E-state index in [1.54, 1.807) is 0 Å². The first-order valence-corrected chi connectivity index (χ1v) is 13.9. The Morgan fingerprint density at radius 3 is 1.11 bits per heavy atom. The molecule has 0 aliphatic rings. The summed E-state index contributed by atoms with van der Waals surface area (Å²) >= 11 is 0. The van der Waals surface area contributed by atoms with Gasteiger partial charge in [0.25, 0.3) is 0 Å². The minimum atomic E-state index is -4.25. The quantitative estimate of drug-likeness (QED) is 0.228. The van der Waals surface area contributed by atoms with Crippen LogP contribution in [0.5, 0.6) is 17.2 Å². The summed E-state index contributed by atoms with van der Waals surface area (Å²) in [5, 5.41) is 33.4. The van der Waals surface area contributed by atoms with Crippen molar-refractivity contribution in [1.29, 1.82) is 0 Å². The van der Waals surface area contributed by atoms with Crippen molar-refractivity contribution in [3.8, 4) is 17.2 Å². The van der Waals surface area contributed by atoms with Gasteiger partial charge in [0, 0.05) is 0 Å². The fourth-order valence-corrected chi connectivity index (χ4v) is 10.5. The number of hydrogen-bond acceptors (Lipinski definition) is 5. The van der Waals surface area contributed by atoms with Gasteiger partial charge in [0.2, 0.25) is 0 Å². The van der Waals surface area contributed by atoms with Crippen LogP contribution in [-0.4, -0.2) is 21.3 Å². The maximum atomic E-state index is 14.1. The summed E-state index contributed by atoms with van der Waals surface area (Å²) < 4.78 is 6.89. The van der Waals surface area contributed by atoms with Gasteiger partial charge in [-0.25, -0.2) is 0 Å². The Hall–Kier alpha value is -4.60. The fourth-order valence-electron chi connectivity index (χ4n) is 4.90. The van der Waals surface area contributed by atoms with Gasteiger partial charge in [0.05, 0.1) is 0 Å². The van der Waals surface area contributed by atoms with E-state index in [0.717, 1.165) is 33.4 Å². The average molecular weight is 509 g/mol. The zero-order valence-corrected chi connectivity index (χ0v) is 20.7. The normalized spacial score (nSPS) is 12.3. The molecule has 0 unspecified atom stereocenters. The third kappa shape index (κ3) is 3.72. The van der Waals surface area contributed by atoms with Crippen molar-refractivity contribution in [2.75, 3.05) is 0 Å². The van der Waals surface area contributed by atoms with Crippen molar-refractivity contribution in [2.45, 2.75) is 0 Å². The molecule has 3 N–H and O–H groups in total. The summed E-state index contributed by atoms with van der Waals surface area (Å²) in [7, 11) is 0. The Kier molecular flexibility index (Phi) is 6.16. The summed E-state index contributed by atoms with van der Waals surface area (Å²) in [6, 6.07) is 40.8. The molecular weight excluding hydrogens is 483 g/mol. The predicted molar refractivity (Wildman–Crippen MR) is 148 cm³/mol. The Morgan fingerprint density at radius 1 is 0.514 bits per heavy atom. The van der Waals surface area contributed by atoms with Crippen LogP contribution in [0.3, 0.4) is 0 Å². The molecule has 0 aliphatic heterocycles. The molecule has 5 aromatic rings. The van der Waals surface area contributed by atoms with Crippen LogP contribution in [0.15, 0.2) is 133 Å². The van der Waals surface area contributed by atoms with Crippen LogP contribution in [0.4, 0.5) is 0 Å². The van der Waals surface area contributed by atoms with Gasteiger partial charge in [0.1, 0.15) is 0 Å². The maximum absolute atomic E-state index is 14.1. The van der Waals surface area contributed by atoms with E-state index in [1.807, 2.05) is 121 Å². The summed E-state index contributed by atoms with van der Waals surface area (Å²) in [5.74, 6) is -2.70. The number of aromatic hydroxyl groups is 3. The van der Waals surface area contributed by atoms with Gasteiger partial charge < -0.3 is 0 Å². The van der Waals surface area contributed by atoms with Gasteiger partial charge in [0.15, 0.2) is 0 Å². The summed E-state index contributed by atoms with van der Waals surface area (Å²) in [6.07, 6.45) is 0. The Labute approximate surface area is 214 Å². The molecule has 0 saturated carbocycles. The summed E-state index contributed by atoms with van der Waals surface area (Å²) in [5.41, 5.74) is -0.0967. The monoisotopic (exact) mass is 508 g/mol. The van der Waals surface area contributed by atoms with Gasteiger partial charge in [-0.2, -0.15) is 0 Å². The molecule has 0 saturated heterocycles. The van der Waals surface area contributed by atoms with Crippen molar-refractivity contribution in [3.63, 3.8) is 0 Å². The molecule has 0 bridgehead atoms. The van der Waals surface area contributed by atoms with Crippen molar-refractivity contribution < 1.29 is 24.6 Å². The molecule has 0 aliphatic carbocycles. The van der Waals surface area contributed by atoms with Crippen LogP contribution in [-0.2, 0) is 4.52 Å². The van der Waals surface area contributed by atoms with Crippen LogP contribution in [0.1, 0.15) is 10.4 Å². The molecule has 5 nitrogen and oxygen atoms in total. The van der Waals surface area contributed by atoms with Crippen LogP contribution in [0.2, 0.25) is 0 Å². The molecule has 184 valence electrons. The molecule has 37 heavy (non-hydrogen) atoms. The van der Waals surface area contributed by atoms with E-state index >= 15 is 0 Å². The van der Waals surface area contributed by atoms with E-state index in [2.05, 4.69) is 0 Å². The van der Waals surface area contributed by atoms with E-state index in [9.17, 15) is 20.1 Å². The number of phenolic OH excluding ortho intramolecular Hbond substituents is 3. The number of carbonyl (C=O) groups excluding carboxylic acids is 1. The molecule has 5 rings (SSSR count). The van der Waals surface area contributed by atoms with Crippen molar-refractivity contribution in [2.24, 2.45) is 0 Å². The number of hydrogen-bond donors (Lipinski definition) is 3. The zero-order valence-electron chi connectivity index (χ0n) is 19.8. The summed E-state index contributed by atoms with van der Waals surface area (Å²) in [6.45, 7) is -4.25. The molecule has 0 atom stereocenters. The molecule has 0 amide bonds. The SMILES string of the molecule is O=C(OP(c1ccccc1)(c1ccccc1)(c1ccccc1)c1ccccc1)c1cc(O)c(O)c(O)c1. The van der Waals surface area contributed by atoms with Gasteiger partial charge >= 0.3 is 215 Å². The van der Waals surface area contributed by atoms with Crippen molar-refractivity contribution in [3.05, 3.63) is 139 Å². The Bertz CT molecular complexity index is 1350. The first-order chi connectivity index (χ1) is 18.0. The topological polar surface area (TPSA) is 87.0 Å². The van der Waals surface area contributed by atoms with Crippen LogP contribution in [0.25, 0.3) is 0 Å². The van der Waals surface area contributed by atoms with Gasteiger partial charge in [-0.15, -0.1) is 0 Å². The average Bonchev–Trinajstić information content (AvgIpc) is 2.96. The first-order valence-electron chi connectivity index (χ1n) is 11.7. The molecule has 0 heterocycles. The molecule has 0 aromatic heterocycles. The third-order valence-corrected chi connectivity index (χ3v) is 12.2. The van der Waals surface area contributed by atoms with E-state index in [-0.39, 0.29) is 5.56 Å². The second-order valence-electron chi connectivity index (χ2n) is 8.62. The second-order valence-corrected chi connectivity index (χ2v) is 12.9. The van der Waals surface area contributed by atoms with E-state index in [1.165, 1.54) is 0 Å². The third-order valence-electron chi connectivity index (χ3n) is 6.57. The second kappa shape index (κ2) is 9.45. The molecular formula is C31H25O5P. The number of rotatable bonds is 6. The number of phenols is 3. The molecule has 0 radical (unpaired) electrons. The van der Waals surface area contributed by atoms with Gasteiger partial charge in [-0.1, -0.05) is 0 Å². The van der Waals surface area contributed by atoms with E-state index < -0.39 is 30.0 Å². The summed E-state index contributed by atoms with van der Waals surface area (Å²) in [4.78, 5) is 14.1. The number of carbonyl (C=O) groups is 1. The van der Waals surface area contributed by atoms with Crippen LogP contribution in [0, 0.1) is 0 Å². The number of benzene rings is 5. The van der Waals surface area contributed by atoms with Crippen molar-refractivity contribution in [1.82, 2.24) is 0 Å². The molecule has 0 fully saturated rings. The molecule has 6 heteroatoms. The van der Waals surface area contributed by atoms with E-state index in [4.69, 9.17) is 4.52 Å². The van der Waals surface area contributed by atoms with E-state index in [0.29, 0.717) is 0 Å². The fraction of sp³-hybridized carbons (Fsp3) is 0. The molecule has 0 spiro atoms. The minimum absolute atomic E-state index is 0.0967. The van der Waals surface area contributed by atoms with Crippen molar-refractivity contribution >= 4 is 34.0 Å². The van der Waals surface area contributed by atoms with Crippen LogP contribution >= 0.6 is 6.83 Å².